The largest absolute Gasteiger partial charge is 0.496 e. The highest BCUT2D eigenvalue weighted by Crippen LogP contribution is 2.48. The van der Waals surface area contributed by atoms with Gasteiger partial charge in [0.05, 0.1) is 39.2 Å². The van der Waals surface area contributed by atoms with E-state index in [9.17, 15) is 14.3 Å². The van der Waals surface area contributed by atoms with Crippen molar-refractivity contribution >= 4 is 39.2 Å². The van der Waals surface area contributed by atoms with E-state index in [2.05, 4.69) is 31.2 Å². The second-order valence-corrected chi connectivity index (χ2v) is 16.4. The van der Waals surface area contributed by atoms with E-state index < -0.39 is 17.9 Å². The number of carboxylic acids is 1. The Kier molecular flexibility index (Phi) is 12.7. The molecule has 0 spiro atoms. The standard InChI is InChI=1S/C45H46ClFN6O6S/c1-27-32(12-14-36(41(27)46)57-22-21-53-19-17-52(2)18-20-53)39-40-38(25-49-42(39)28-8-6-9-28)60-51-44(40)59-37(45(54)55)23-29-7-4-5-10-34(29)58-26-31-15-16-48-43(50-31)33-24-30(47)11-13-35(33)56-3/h4-5,7,10-16,24-25,28,37H,6,8-9,17-23,26H2,1-3H3,(H,54,55). The molecular weight excluding hydrogens is 807 g/mol. The molecule has 1 aliphatic carbocycles. The lowest BCUT2D eigenvalue weighted by atomic mass is 9.79. The van der Waals surface area contributed by atoms with E-state index in [0.717, 1.165) is 79.1 Å². The molecule has 3 aromatic carbocycles. The third kappa shape index (κ3) is 9.02. The second kappa shape index (κ2) is 18.5. The van der Waals surface area contributed by atoms with Crippen molar-refractivity contribution in [3.63, 3.8) is 0 Å². The summed E-state index contributed by atoms with van der Waals surface area (Å²) in [5, 5.41) is 11.8. The number of nitrogens with zero attached hydrogens (tertiary/aromatic N) is 6. The molecule has 1 aliphatic heterocycles. The van der Waals surface area contributed by atoms with Crippen molar-refractivity contribution in [2.24, 2.45) is 0 Å². The molecule has 6 aromatic rings. The summed E-state index contributed by atoms with van der Waals surface area (Å²) in [6.07, 6.45) is 5.18. The van der Waals surface area contributed by atoms with Crippen molar-refractivity contribution in [1.82, 2.24) is 29.1 Å². The number of methoxy groups -OCH3 is 1. The molecule has 1 saturated heterocycles. The smallest absolute Gasteiger partial charge is 0.345 e. The summed E-state index contributed by atoms with van der Waals surface area (Å²) in [7, 11) is 3.64. The van der Waals surface area contributed by atoms with E-state index in [1.807, 2.05) is 37.4 Å². The zero-order chi connectivity index (χ0) is 41.8. The maximum absolute atomic E-state index is 14.1. The maximum atomic E-state index is 14.1. The predicted octanol–water partition coefficient (Wildman–Crippen LogP) is 8.47. The molecule has 1 atom stereocenters. The van der Waals surface area contributed by atoms with Crippen LogP contribution in [0.15, 0.2) is 73.1 Å². The van der Waals surface area contributed by atoms with E-state index in [-0.39, 0.29) is 30.7 Å². The van der Waals surface area contributed by atoms with E-state index in [0.29, 0.717) is 51.1 Å². The molecular formula is C45H46ClFN6O6S. The van der Waals surface area contributed by atoms with Crippen LogP contribution in [0, 0.1) is 12.7 Å². The molecule has 0 amide bonds. The first kappa shape index (κ1) is 41.3. The Morgan fingerprint density at radius 1 is 1.00 bits per heavy atom. The fourth-order valence-electron chi connectivity index (χ4n) is 7.61. The number of pyridine rings is 1. The number of hydrogen-bond acceptors (Lipinski definition) is 12. The number of aromatic nitrogens is 4. The summed E-state index contributed by atoms with van der Waals surface area (Å²) in [5.74, 6) is 0.682. The summed E-state index contributed by atoms with van der Waals surface area (Å²) >= 11 is 8.27. The van der Waals surface area contributed by atoms with Crippen LogP contribution in [0.4, 0.5) is 4.39 Å². The topological polar surface area (TPSA) is 132 Å². The van der Waals surface area contributed by atoms with Gasteiger partial charge in [0.25, 0.3) is 0 Å². The molecule has 0 radical (unpaired) electrons. The number of para-hydroxylation sites is 1. The van der Waals surface area contributed by atoms with Crippen LogP contribution in [-0.2, 0) is 17.8 Å². The van der Waals surface area contributed by atoms with Crippen molar-refractivity contribution in [1.29, 1.82) is 0 Å². The van der Waals surface area contributed by atoms with E-state index >= 15 is 0 Å². The number of likely N-dealkylation sites (N-methyl/N-ethyl adjacent to an activating group) is 1. The minimum Gasteiger partial charge on any atom is -0.496 e. The molecule has 1 saturated carbocycles. The Morgan fingerprint density at radius 3 is 2.57 bits per heavy atom. The van der Waals surface area contributed by atoms with E-state index in [1.165, 1.54) is 36.8 Å². The first-order chi connectivity index (χ1) is 29.2. The molecule has 12 nitrogen and oxygen atoms in total. The molecule has 1 N–H and O–H groups in total. The fourth-order valence-corrected chi connectivity index (χ4v) is 8.52. The minimum absolute atomic E-state index is 0.0129. The van der Waals surface area contributed by atoms with E-state index in [4.69, 9.17) is 35.5 Å². The molecule has 1 unspecified atom stereocenters. The third-order valence-corrected chi connectivity index (χ3v) is 12.5. The summed E-state index contributed by atoms with van der Waals surface area (Å²) in [6, 6.07) is 17.0. The summed E-state index contributed by atoms with van der Waals surface area (Å²) in [5.41, 5.74) is 5.07. The molecule has 2 aliphatic rings. The Hall–Kier alpha value is -5.41. The van der Waals surface area contributed by atoms with Gasteiger partial charge in [-0.2, -0.15) is 4.37 Å². The summed E-state index contributed by atoms with van der Waals surface area (Å²) < 4.78 is 43.8. The molecule has 312 valence electrons. The number of benzene rings is 3. The molecule has 4 heterocycles. The average molecular weight is 853 g/mol. The van der Waals surface area contributed by atoms with Crippen LogP contribution in [-0.4, -0.2) is 99.8 Å². The van der Waals surface area contributed by atoms with Crippen LogP contribution in [0.3, 0.4) is 0 Å². The number of ether oxygens (including phenoxy) is 4. The van der Waals surface area contributed by atoms with Crippen molar-refractivity contribution in [3.05, 3.63) is 106 Å². The predicted molar refractivity (Wildman–Crippen MR) is 229 cm³/mol. The highest BCUT2D eigenvalue weighted by Gasteiger charge is 2.31. The lowest BCUT2D eigenvalue weighted by Gasteiger charge is -2.32. The van der Waals surface area contributed by atoms with Gasteiger partial charge >= 0.3 is 5.97 Å². The maximum Gasteiger partial charge on any atom is 0.345 e. The van der Waals surface area contributed by atoms with Crippen LogP contribution in [0.2, 0.25) is 5.02 Å². The van der Waals surface area contributed by atoms with Gasteiger partial charge in [0.15, 0.2) is 5.82 Å². The molecule has 60 heavy (non-hydrogen) atoms. The van der Waals surface area contributed by atoms with E-state index in [1.54, 1.807) is 24.4 Å². The van der Waals surface area contributed by atoms with Crippen molar-refractivity contribution in [2.45, 2.75) is 51.2 Å². The Morgan fingerprint density at radius 2 is 1.80 bits per heavy atom. The lowest BCUT2D eigenvalue weighted by Crippen LogP contribution is -2.45. The average Bonchev–Trinajstić information content (AvgIpc) is 3.64. The molecule has 2 fully saturated rings. The molecule has 8 rings (SSSR count). The summed E-state index contributed by atoms with van der Waals surface area (Å²) in [6.45, 7) is 7.47. The monoisotopic (exact) mass is 852 g/mol. The van der Waals surface area contributed by atoms with Crippen LogP contribution in [0.1, 0.15) is 47.7 Å². The Balaban J connectivity index is 1.04. The van der Waals surface area contributed by atoms with Crippen molar-refractivity contribution in [3.8, 4) is 45.6 Å². The molecule has 0 bridgehead atoms. The van der Waals surface area contributed by atoms with Crippen molar-refractivity contribution < 1.29 is 33.2 Å². The highest BCUT2D eigenvalue weighted by molar-refractivity contribution is 7.13. The number of hydrogen-bond donors (Lipinski definition) is 1. The quantitative estimate of drug-likeness (QED) is 0.100. The van der Waals surface area contributed by atoms with Crippen LogP contribution in [0.5, 0.6) is 23.1 Å². The zero-order valence-corrected chi connectivity index (χ0v) is 35.3. The first-order valence-electron chi connectivity index (χ1n) is 20.0. The number of halogens is 2. The number of rotatable bonds is 16. The zero-order valence-electron chi connectivity index (χ0n) is 33.7. The highest BCUT2D eigenvalue weighted by atomic mass is 35.5. The van der Waals surface area contributed by atoms with Crippen molar-refractivity contribution in [2.75, 3.05) is 53.5 Å². The first-order valence-corrected chi connectivity index (χ1v) is 21.2. The number of piperazine rings is 1. The fraction of sp³-hybridized carbons (Fsp3) is 0.356. The van der Waals surface area contributed by atoms with Crippen LogP contribution < -0.4 is 18.9 Å². The van der Waals surface area contributed by atoms with Gasteiger partial charge in [0.1, 0.15) is 36.3 Å². The second-order valence-electron chi connectivity index (χ2n) is 15.2. The molecule has 15 heteroatoms. The molecule has 3 aromatic heterocycles. The Bertz CT molecular complexity index is 2490. The number of carbonyl (C=O) groups is 1. The van der Waals surface area contributed by atoms with Gasteiger partial charge in [-0.25, -0.2) is 19.2 Å². The SMILES string of the molecule is COc1ccc(F)cc1-c1nccc(COc2ccccc2CC(Oc2nsc3cnc(C4CCC4)c(-c4ccc(OCCN5CCN(C)CC5)c(Cl)c4C)c23)C(=O)O)n1. The number of aliphatic carboxylic acids is 1. The van der Waals surface area contributed by atoms with Gasteiger partial charge in [-0.1, -0.05) is 42.3 Å². The minimum atomic E-state index is -1.31. The van der Waals surface area contributed by atoms with Crippen LogP contribution in [0.25, 0.3) is 32.6 Å². The third-order valence-electron chi connectivity index (χ3n) is 11.3. The van der Waals surface area contributed by atoms with Gasteiger partial charge in [0, 0.05) is 63.0 Å². The Labute approximate surface area is 357 Å². The number of fused-ring (bicyclic) bond motifs is 1. The summed E-state index contributed by atoms with van der Waals surface area (Å²) in [4.78, 5) is 31.5. The van der Waals surface area contributed by atoms with Crippen LogP contribution >= 0.6 is 23.1 Å². The lowest BCUT2D eigenvalue weighted by molar-refractivity contribution is -0.145. The van der Waals surface area contributed by atoms with Gasteiger partial charge in [-0.3, -0.25) is 9.88 Å². The van der Waals surface area contributed by atoms with Gasteiger partial charge in [0.2, 0.25) is 12.0 Å². The van der Waals surface area contributed by atoms with Gasteiger partial charge < -0.3 is 29.0 Å². The normalized spacial score (nSPS) is 15.4. The number of carboxylic acid groups (broad SMARTS) is 1. The van der Waals surface area contributed by atoms with Gasteiger partial charge in [-0.05, 0) is 91.4 Å². The van der Waals surface area contributed by atoms with Gasteiger partial charge in [-0.15, -0.1) is 0 Å².